The van der Waals surface area contributed by atoms with Crippen LogP contribution < -0.4 is 0 Å². The van der Waals surface area contributed by atoms with E-state index in [0.29, 0.717) is 6.61 Å². The Bertz CT molecular complexity index is 531. The van der Waals surface area contributed by atoms with E-state index >= 15 is 0 Å². The van der Waals surface area contributed by atoms with E-state index < -0.39 is 31.3 Å². The first-order valence-electron chi connectivity index (χ1n) is 7.75. The van der Waals surface area contributed by atoms with Crippen LogP contribution in [0.5, 0.6) is 0 Å². The molecule has 0 atom stereocenters. The second-order valence-electron chi connectivity index (χ2n) is 5.86. The maximum Gasteiger partial charge on any atom is -0.0809 e. The van der Waals surface area contributed by atoms with Gasteiger partial charge >= 0.3 is 35.6 Å². The van der Waals surface area contributed by atoms with Gasteiger partial charge in [-0.25, -0.2) is 0 Å². The van der Waals surface area contributed by atoms with Crippen molar-refractivity contribution in [2.45, 2.75) is 39.2 Å². The summed E-state index contributed by atoms with van der Waals surface area (Å²) < 4.78 is 5.34. The van der Waals surface area contributed by atoms with E-state index in [0.717, 1.165) is 9.52 Å². The first kappa shape index (κ1) is 27.2. The fourth-order valence-corrected chi connectivity index (χ4v) is 2.23. The standard InChI is InChI=1S/C9H7.C6H15NO2Si.C2H6Si.2ClH.Ti/c1-2-5-9-7-3-6-8(9)4-1;1-10(2,3)9-5-4-6(7)8;1-3-2;;;/h1-7H;4-5H2,1-3H3,(H2,7,8);1-2H3;2*1H;/q-1;;;;;+2/p-3. The van der Waals surface area contributed by atoms with Gasteiger partial charge in [0.15, 0.2) is 8.32 Å². The van der Waals surface area contributed by atoms with Gasteiger partial charge in [0.05, 0.1) is 5.91 Å². The molecule has 0 saturated carbocycles. The molecule has 140 valence electrons. The molecule has 0 unspecified atom stereocenters. The summed E-state index contributed by atoms with van der Waals surface area (Å²) in [4.78, 5) is 10.1. The van der Waals surface area contributed by atoms with Crippen LogP contribution in [0, 0.1) is 0 Å². The van der Waals surface area contributed by atoms with Crippen LogP contribution in [0.15, 0.2) is 42.5 Å². The number of hydrogen-bond acceptors (Lipinski definition) is 2. The van der Waals surface area contributed by atoms with Gasteiger partial charge in [-0.05, 0) is 19.6 Å². The first-order chi connectivity index (χ1) is 11.7. The van der Waals surface area contributed by atoms with Crippen LogP contribution in [-0.4, -0.2) is 30.4 Å². The van der Waals surface area contributed by atoms with Crippen molar-refractivity contribution in [1.29, 1.82) is 0 Å². The minimum Gasteiger partial charge on any atom is -0.168 e. The van der Waals surface area contributed by atoms with Crippen molar-refractivity contribution >= 4 is 53.1 Å². The maximum atomic E-state index is 10.1. The van der Waals surface area contributed by atoms with Gasteiger partial charge in [-0.2, -0.15) is 17.5 Å². The molecule has 0 heterocycles. The van der Waals surface area contributed by atoms with E-state index in [4.69, 9.17) is 28.8 Å². The summed E-state index contributed by atoms with van der Waals surface area (Å²) in [6.45, 7) is 10.9. The average molecular weight is 452 g/mol. The third-order valence-corrected chi connectivity index (χ3v) is 3.48. The van der Waals surface area contributed by atoms with Crippen molar-refractivity contribution in [1.82, 2.24) is 0 Å². The number of nitrogens with one attached hydrogen (secondary N) is 1. The van der Waals surface area contributed by atoms with Crippen LogP contribution in [0.2, 0.25) is 32.7 Å². The third kappa shape index (κ3) is 20.2. The molecule has 1 N–H and O–H groups in total. The van der Waals surface area contributed by atoms with Gasteiger partial charge in [-0.1, -0.05) is 19.2 Å². The van der Waals surface area contributed by atoms with Crippen molar-refractivity contribution in [2.24, 2.45) is 0 Å². The van der Waals surface area contributed by atoms with Gasteiger partial charge in [-0.3, -0.25) is 0 Å². The molecular formula is C17H27Cl2NO2Si2Ti-2. The Balaban J connectivity index is 0. The predicted octanol–water partition coefficient (Wildman–Crippen LogP) is 6.53. The molecule has 0 aromatic heterocycles. The molecule has 0 aliphatic carbocycles. The average Bonchev–Trinajstić information content (AvgIpc) is 2.96. The number of hydrogen-bond donors (Lipinski definition) is 0. The number of benzene rings is 1. The van der Waals surface area contributed by atoms with E-state index in [9.17, 15) is 4.79 Å². The topological polar surface area (TPSA) is 50.1 Å². The molecule has 2 aromatic rings. The summed E-state index contributed by atoms with van der Waals surface area (Å²) in [5, 5.41) is 2.66. The second kappa shape index (κ2) is 17.4. The molecule has 2 radical (unpaired) electrons. The molecule has 0 spiro atoms. The van der Waals surface area contributed by atoms with E-state index in [1.54, 1.807) is 0 Å². The minimum atomic E-state index is -1.46. The number of carbonyl (C=O) groups excluding carboxylic acids is 1. The molecule has 3 nitrogen and oxygen atoms in total. The quantitative estimate of drug-likeness (QED) is 0.391. The SMILES string of the molecule is C[Si](C)(C)OCCC([NH-])=O.C[Si]C.[Cl][Ti][Cl].c1ccc2[cH-]ccc2c1. The molecule has 2 aromatic carbocycles. The van der Waals surface area contributed by atoms with Gasteiger partial charge in [0, 0.05) is 22.5 Å². The van der Waals surface area contributed by atoms with Crippen molar-refractivity contribution in [3.8, 4) is 0 Å². The molecule has 25 heavy (non-hydrogen) atoms. The summed E-state index contributed by atoms with van der Waals surface area (Å²) in [5.74, 6) is -0.543. The number of amides is 1. The third-order valence-electron chi connectivity index (χ3n) is 2.41. The zero-order valence-corrected chi connectivity index (χ0v) is 20.6. The Morgan fingerprint density at radius 2 is 1.76 bits per heavy atom. The summed E-state index contributed by atoms with van der Waals surface area (Å²) in [7, 11) is 9.40. The monoisotopic (exact) mass is 451 g/mol. The second-order valence-corrected chi connectivity index (χ2v) is 14.0. The Labute approximate surface area is 172 Å². The van der Waals surface area contributed by atoms with Gasteiger partial charge in [0.25, 0.3) is 0 Å². The molecule has 0 bridgehead atoms. The molecule has 1 amide bonds. The van der Waals surface area contributed by atoms with Crippen molar-refractivity contribution in [2.75, 3.05) is 6.61 Å². The minimum absolute atomic E-state index is 0.226. The Kier molecular flexibility index (Phi) is 18.9. The summed E-state index contributed by atoms with van der Waals surface area (Å²) in [6, 6.07) is 14.7. The van der Waals surface area contributed by atoms with Crippen molar-refractivity contribution in [3.05, 3.63) is 48.2 Å². The van der Waals surface area contributed by atoms with Gasteiger partial charge in [0.1, 0.15) is 0 Å². The molecule has 0 saturated heterocycles. The number of halogens is 2. The van der Waals surface area contributed by atoms with Gasteiger partial charge < -0.3 is 15.0 Å². The van der Waals surface area contributed by atoms with Crippen LogP contribution >= 0.6 is 18.6 Å². The van der Waals surface area contributed by atoms with Crippen LogP contribution in [0.3, 0.4) is 0 Å². The first-order valence-corrected chi connectivity index (χ1v) is 17.5. The number of fused-ring (bicyclic) bond motifs is 1. The molecule has 2 rings (SSSR count). The maximum absolute atomic E-state index is 10.1. The van der Waals surface area contributed by atoms with E-state index in [-0.39, 0.29) is 6.42 Å². The fraction of sp³-hybridized carbons (Fsp3) is 0.412. The zero-order chi connectivity index (χ0) is 19.7. The van der Waals surface area contributed by atoms with Crippen LogP contribution in [0.4, 0.5) is 0 Å². The Hall–Kier alpha value is -0.0119. The smallest absolute Gasteiger partial charge is 0.0809 e. The van der Waals surface area contributed by atoms with Gasteiger partial charge in [-0.15, -0.1) is 29.7 Å². The zero-order valence-electron chi connectivity index (χ0n) is 15.5. The molecule has 0 aliphatic heterocycles. The van der Waals surface area contributed by atoms with Crippen LogP contribution in [-0.2, 0) is 26.3 Å². The summed E-state index contributed by atoms with van der Waals surface area (Å²) >= 11 is -0.556. The van der Waals surface area contributed by atoms with E-state index in [2.05, 4.69) is 75.2 Å². The molecular weight excluding hydrogens is 425 g/mol. The van der Waals surface area contributed by atoms with E-state index in [1.165, 1.54) is 10.8 Å². The molecule has 0 fully saturated rings. The Morgan fingerprint density at radius 3 is 2.20 bits per heavy atom. The summed E-state index contributed by atoms with van der Waals surface area (Å²) in [5.41, 5.74) is 6.58. The van der Waals surface area contributed by atoms with Crippen molar-refractivity contribution < 1.29 is 26.3 Å². The summed E-state index contributed by atoms with van der Waals surface area (Å²) in [6.07, 6.45) is 0.226. The Morgan fingerprint density at radius 1 is 1.24 bits per heavy atom. The number of rotatable bonds is 4. The van der Waals surface area contributed by atoms with Crippen LogP contribution in [0.1, 0.15) is 6.42 Å². The van der Waals surface area contributed by atoms with Crippen LogP contribution in [0.25, 0.3) is 16.5 Å². The number of carbonyl (C=O) groups is 1. The van der Waals surface area contributed by atoms with Gasteiger partial charge in [0.2, 0.25) is 0 Å². The molecule has 0 aliphatic rings. The largest absolute Gasteiger partial charge is 0.168 e. The van der Waals surface area contributed by atoms with Crippen molar-refractivity contribution in [3.63, 3.8) is 0 Å². The molecule has 8 heteroatoms. The normalized spacial score (nSPS) is 9.56. The fourth-order valence-electron chi connectivity index (χ4n) is 1.52. The predicted molar refractivity (Wildman–Crippen MR) is 112 cm³/mol. The van der Waals surface area contributed by atoms with E-state index in [1.807, 2.05) is 0 Å².